The van der Waals surface area contributed by atoms with Gasteiger partial charge in [0.2, 0.25) is 5.95 Å². The van der Waals surface area contributed by atoms with Crippen molar-refractivity contribution in [3.8, 4) is 0 Å². The predicted molar refractivity (Wildman–Crippen MR) is 72.9 cm³/mol. The van der Waals surface area contributed by atoms with E-state index in [1.54, 1.807) is 0 Å². The molecule has 0 radical (unpaired) electrons. The molecule has 1 aromatic rings. The highest BCUT2D eigenvalue weighted by molar-refractivity contribution is 5.45. The predicted octanol–water partition coefficient (Wildman–Crippen LogP) is 1.75. The summed E-state index contributed by atoms with van der Waals surface area (Å²) >= 11 is 0. The summed E-state index contributed by atoms with van der Waals surface area (Å²) in [6.07, 6.45) is -1.14. The third-order valence-corrected chi connectivity index (χ3v) is 4.16. The van der Waals surface area contributed by atoms with E-state index in [9.17, 15) is 13.2 Å². The molecule has 2 saturated heterocycles. The molecule has 2 N–H and O–H groups in total. The highest BCUT2D eigenvalue weighted by Gasteiger charge is 2.35. The van der Waals surface area contributed by atoms with Gasteiger partial charge in [0.05, 0.1) is 0 Å². The lowest BCUT2D eigenvalue weighted by atomic mass is 10.2. The quantitative estimate of drug-likeness (QED) is 0.902. The van der Waals surface area contributed by atoms with Crippen LogP contribution in [0.3, 0.4) is 0 Å². The molecule has 2 fully saturated rings. The lowest BCUT2D eigenvalue weighted by Crippen LogP contribution is -2.35. The molecule has 0 amide bonds. The first kappa shape index (κ1) is 14.4. The van der Waals surface area contributed by atoms with Crippen molar-refractivity contribution in [1.29, 1.82) is 0 Å². The van der Waals surface area contributed by atoms with Crippen LogP contribution in [0.15, 0.2) is 6.07 Å². The Hall–Kier alpha value is -1.57. The number of nitrogens with two attached hydrogens (primary N) is 1. The monoisotopic (exact) mass is 301 g/mol. The van der Waals surface area contributed by atoms with Crippen molar-refractivity contribution >= 4 is 11.8 Å². The fourth-order valence-corrected chi connectivity index (χ4v) is 3.11. The van der Waals surface area contributed by atoms with Gasteiger partial charge >= 0.3 is 6.18 Å². The van der Waals surface area contributed by atoms with Gasteiger partial charge in [0, 0.05) is 25.2 Å². The summed E-state index contributed by atoms with van der Waals surface area (Å²) in [5.74, 6) is -0.0547. The van der Waals surface area contributed by atoms with E-state index in [1.807, 2.05) is 4.90 Å². The summed E-state index contributed by atoms with van der Waals surface area (Å²) in [6.45, 7) is 3.57. The number of aromatic nitrogens is 2. The molecule has 3 heterocycles. The van der Waals surface area contributed by atoms with E-state index in [1.165, 1.54) is 12.8 Å². The molecule has 1 aromatic heterocycles. The Morgan fingerprint density at radius 1 is 1.14 bits per heavy atom. The van der Waals surface area contributed by atoms with Gasteiger partial charge in [-0.15, -0.1) is 0 Å². The highest BCUT2D eigenvalue weighted by atomic mass is 19.4. The molecule has 21 heavy (non-hydrogen) atoms. The van der Waals surface area contributed by atoms with Crippen LogP contribution in [0.1, 0.15) is 25.0 Å². The van der Waals surface area contributed by atoms with Crippen LogP contribution in [-0.4, -0.2) is 47.1 Å². The first-order valence-electron chi connectivity index (χ1n) is 7.14. The summed E-state index contributed by atoms with van der Waals surface area (Å²) in [4.78, 5) is 11.5. The van der Waals surface area contributed by atoms with Crippen molar-refractivity contribution in [3.63, 3.8) is 0 Å². The summed E-state index contributed by atoms with van der Waals surface area (Å²) in [5, 5.41) is 0. The van der Waals surface area contributed by atoms with E-state index in [0.29, 0.717) is 19.1 Å². The molecular formula is C13H18F3N5. The number of nitrogen functional groups attached to an aromatic ring is 1. The van der Waals surface area contributed by atoms with E-state index in [4.69, 9.17) is 5.73 Å². The molecule has 116 valence electrons. The molecule has 1 unspecified atom stereocenters. The molecule has 0 bridgehead atoms. The van der Waals surface area contributed by atoms with Crippen LogP contribution in [0.5, 0.6) is 0 Å². The number of halogens is 3. The Kier molecular flexibility index (Phi) is 3.64. The number of nitrogens with zero attached hydrogens (tertiary/aromatic N) is 4. The smallest absolute Gasteiger partial charge is 0.368 e. The van der Waals surface area contributed by atoms with E-state index >= 15 is 0 Å². The van der Waals surface area contributed by atoms with Gasteiger partial charge in [-0.2, -0.15) is 18.2 Å². The fourth-order valence-electron chi connectivity index (χ4n) is 3.11. The maximum atomic E-state index is 12.8. The molecule has 5 nitrogen and oxygen atoms in total. The van der Waals surface area contributed by atoms with Gasteiger partial charge in [0.25, 0.3) is 0 Å². The third kappa shape index (κ3) is 3.04. The van der Waals surface area contributed by atoms with Crippen molar-refractivity contribution in [1.82, 2.24) is 14.9 Å². The fraction of sp³-hybridized carbons (Fsp3) is 0.692. The Morgan fingerprint density at radius 2 is 1.86 bits per heavy atom. The van der Waals surface area contributed by atoms with Crippen LogP contribution in [0.25, 0.3) is 0 Å². The largest absolute Gasteiger partial charge is 0.433 e. The minimum atomic E-state index is -4.50. The summed E-state index contributed by atoms with van der Waals surface area (Å²) in [6, 6.07) is 1.39. The average molecular weight is 301 g/mol. The maximum Gasteiger partial charge on any atom is 0.433 e. The normalized spacial score (nSPS) is 24.0. The second-order valence-electron chi connectivity index (χ2n) is 5.60. The summed E-state index contributed by atoms with van der Waals surface area (Å²) in [5.41, 5.74) is 4.44. The molecule has 8 heteroatoms. The van der Waals surface area contributed by atoms with Gasteiger partial charge in [-0.3, -0.25) is 4.90 Å². The van der Waals surface area contributed by atoms with Crippen LogP contribution in [-0.2, 0) is 6.18 Å². The van der Waals surface area contributed by atoms with Crippen LogP contribution in [0.4, 0.5) is 24.9 Å². The Labute approximate surface area is 120 Å². The van der Waals surface area contributed by atoms with Gasteiger partial charge in [-0.25, -0.2) is 4.98 Å². The number of hydrogen-bond acceptors (Lipinski definition) is 5. The van der Waals surface area contributed by atoms with E-state index in [2.05, 4.69) is 14.9 Å². The van der Waals surface area contributed by atoms with Crippen molar-refractivity contribution in [2.75, 3.05) is 36.8 Å². The molecule has 2 aliphatic heterocycles. The number of likely N-dealkylation sites (tertiary alicyclic amines) is 1. The molecule has 0 spiro atoms. The Balaban J connectivity index is 1.76. The molecule has 3 rings (SSSR count). The van der Waals surface area contributed by atoms with Crippen molar-refractivity contribution in [2.24, 2.45) is 0 Å². The topological polar surface area (TPSA) is 58.3 Å². The van der Waals surface area contributed by atoms with Crippen molar-refractivity contribution in [3.05, 3.63) is 11.8 Å². The number of alkyl halides is 3. The van der Waals surface area contributed by atoms with E-state index < -0.39 is 11.9 Å². The summed E-state index contributed by atoms with van der Waals surface area (Å²) in [7, 11) is 0. The minimum Gasteiger partial charge on any atom is -0.368 e. The Bertz CT molecular complexity index is 513. The third-order valence-electron chi connectivity index (χ3n) is 4.16. The van der Waals surface area contributed by atoms with Crippen LogP contribution < -0.4 is 10.6 Å². The van der Waals surface area contributed by atoms with Gasteiger partial charge in [0.1, 0.15) is 5.82 Å². The zero-order chi connectivity index (χ0) is 15.0. The Morgan fingerprint density at radius 3 is 2.52 bits per heavy atom. The van der Waals surface area contributed by atoms with Crippen LogP contribution in [0.2, 0.25) is 0 Å². The molecule has 1 atom stereocenters. The van der Waals surface area contributed by atoms with E-state index in [-0.39, 0.29) is 11.8 Å². The highest BCUT2D eigenvalue weighted by Crippen LogP contribution is 2.31. The van der Waals surface area contributed by atoms with Gasteiger partial charge in [-0.05, 0) is 32.4 Å². The molecule has 2 aliphatic rings. The lowest BCUT2D eigenvalue weighted by molar-refractivity contribution is -0.141. The molecule has 0 aromatic carbocycles. The van der Waals surface area contributed by atoms with Crippen LogP contribution in [0, 0.1) is 0 Å². The first-order chi connectivity index (χ1) is 9.93. The number of hydrogen-bond donors (Lipinski definition) is 1. The SMILES string of the molecule is Nc1nc(N2CCC(N3CCCC3)C2)cc(C(F)(F)F)n1. The van der Waals surface area contributed by atoms with Crippen molar-refractivity contribution in [2.45, 2.75) is 31.5 Å². The van der Waals surface area contributed by atoms with E-state index in [0.717, 1.165) is 25.6 Å². The van der Waals surface area contributed by atoms with Gasteiger partial charge < -0.3 is 10.6 Å². The first-order valence-corrected chi connectivity index (χ1v) is 7.14. The van der Waals surface area contributed by atoms with Gasteiger partial charge in [0.15, 0.2) is 5.69 Å². The standard InChI is InChI=1S/C13H18F3N5/c14-13(15,16)10-7-11(19-12(17)18-10)21-6-3-9(8-21)20-4-1-2-5-20/h7,9H,1-6,8H2,(H2,17,18,19). The maximum absolute atomic E-state index is 12.8. The average Bonchev–Trinajstić information content (AvgIpc) is 3.08. The molecule has 0 saturated carbocycles. The van der Waals surface area contributed by atoms with Gasteiger partial charge in [-0.1, -0.05) is 0 Å². The van der Waals surface area contributed by atoms with Crippen molar-refractivity contribution < 1.29 is 13.2 Å². The molecular weight excluding hydrogens is 283 g/mol. The second kappa shape index (κ2) is 5.32. The lowest BCUT2D eigenvalue weighted by Gasteiger charge is -2.24. The molecule has 0 aliphatic carbocycles. The zero-order valence-electron chi connectivity index (χ0n) is 11.6. The van der Waals surface area contributed by atoms with Crippen LogP contribution >= 0.6 is 0 Å². The zero-order valence-corrected chi connectivity index (χ0v) is 11.6. The number of rotatable bonds is 2. The second-order valence-corrected chi connectivity index (χ2v) is 5.60. The number of anilines is 2. The summed E-state index contributed by atoms with van der Waals surface area (Å²) < 4.78 is 38.4. The minimum absolute atomic E-state index is 0.275.